The van der Waals surface area contributed by atoms with E-state index in [1.807, 2.05) is 19.9 Å². The minimum atomic E-state index is -0.237. The Labute approximate surface area is 124 Å². The lowest BCUT2D eigenvalue weighted by Crippen LogP contribution is -2.30. The van der Waals surface area contributed by atoms with Crippen molar-refractivity contribution in [2.75, 3.05) is 5.32 Å². The van der Waals surface area contributed by atoms with E-state index >= 15 is 0 Å². The van der Waals surface area contributed by atoms with Gasteiger partial charge in [0.1, 0.15) is 5.82 Å². The van der Waals surface area contributed by atoms with E-state index in [4.69, 9.17) is 0 Å². The van der Waals surface area contributed by atoms with Crippen molar-refractivity contribution in [1.82, 2.24) is 5.32 Å². The summed E-state index contributed by atoms with van der Waals surface area (Å²) in [4.78, 5) is 11.9. The normalized spacial score (nSPS) is 10.5. The summed E-state index contributed by atoms with van der Waals surface area (Å²) >= 11 is 0. The SMILES string of the molecule is CC(C)NC(=O)c1cccc(NCc2ccccc2F)c1. The predicted molar refractivity (Wildman–Crippen MR) is 82.8 cm³/mol. The van der Waals surface area contributed by atoms with E-state index < -0.39 is 0 Å². The van der Waals surface area contributed by atoms with Crippen LogP contribution in [0.3, 0.4) is 0 Å². The molecule has 3 nitrogen and oxygen atoms in total. The van der Waals surface area contributed by atoms with Crippen molar-refractivity contribution in [1.29, 1.82) is 0 Å². The van der Waals surface area contributed by atoms with Crippen molar-refractivity contribution in [2.24, 2.45) is 0 Å². The first-order chi connectivity index (χ1) is 10.1. The van der Waals surface area contributed by atoms with E-state index in [2.05, 4.69) is 10.6 Å². The average Bonchev–Trinajstić information content (AvgIpc) is 2.46. The second kappa shape index (κ2) is 6.88. The Bertz CT molecular complexity index is 626. The molecular formula is C17H19FN2O. The van der Waals surface area contributed by atoms with E-state index in [0.717, 1.165) is 5.69 Å². The fourth-order valence-corrected chi connectivity index (χ4v) is 1.95. The number of hydrogen-bond acceptors (Lipinski definition) is 2. The first kappa shape index (κ1) is 15.0. The van der Waals surface area contributed by atoms with E-state index in [9.17, 15) is 9.18 Å². The van der Waals surface area contributed by atoms with Crippen LogP contribution in [0, 0.1) is 5.82 Å². The van der Waals surface area contributed by atoms with Gasteiger partial charge in [0, 0.05) is 29.4 Å². The maximum absolute atomic E-state index is 13.5. The lowest BCUT2D eigenvalue weighted by Gasteiger charge is -2.11. The van der Waals surface area contributed by atoms with Crippen molar-refractivity contribution in [3.8, 4) is 0 Å². The molecule has 0 spiro atoms. The lowest BCUT2D eigenvalue weighted by molar-refractivity contribution is 0.0943. The third kappa shape index (κ3) is 4.31. The smallest absolute Gasteiger partial charge is 0.251 e. The quantitative estimate of drug-likeness (QED) is 0.882. The Morgan fingerprint density at radius 2 is 1.90 bits per heavy atom. The molecule has 0 bridgehead atoms. The number of carbonyl (C=O) groups excluding carboxylic acids is 1. The highest BCUT2D eigenvalue weighted by Gasteiger charge is 2.07. The fraction of sp³-hybridized carbons (Fsp3) is 0.235. The van der Waals surface area contributed by atoms with Gasteiger partial charge in [0.15, 0.2) is 0 Å². The van der Waals surface area contributed by atoms with Crippen LogP contribution in [-0.2, 0) is 6.54 Å². The van der Waals surface area contributed by atoms with Crippen LogP contribution in [-0.4, -0.2) is 11.9 Å². The summed E-state index contributed by atoms with van der Waals surface area (Å²) in [5.74, 6) is -0.349. The first-order valence-corrected chi connectivity index (χ1v) is 6.94. The molecule has 0 radical (unpaired) electrons. The second-order valence-corrected chi connectivity index (χ2v) is 5.15. The van der Waals surface area contributed by atoms with Crippen LogP contribution in [0.1, 0.15) is 29.8 Å². The summed E-state index contributed by atoms with van der Waals surface area (Å²) in [6.45, 7) is 4.21. The number of nitrogens with one attached hydrogen (secondary N) is 2. The number of amides is 1. The molecule has 2 aromatic rings. The largest absolute Gasteiger partial charge is 0.381 e. The topological polar surface area (TPSA) is 41.1 Å². The van der Waals surface area contributed by atoms with Gasteiger partial charge >= 0.3 is 0 Å². The number of carbonyl (C=O) groups is 1. The zero-order chi connectivity index (χ0) is 15.2. The van der Waals surface area contributed by atoms with Gasteiger partial charge in [-0.25, -0.2) is 4.39 Å². The van der Waals surface area contributed by atoms with E-state index in [1.165, 1.54) is 6.07 Å². The molecule has 0 aromatic heterocycles. The molecule has 0 unspecified atom stereocenters. The highest BCUT2D eigenvalue weighted by molar-refractivity contribution is 5.95. The molecule has 1 amide bonds. The third-order valence-corrected chi connectivity index (χ3v) is 2.99. The molecule has 2 N–H and O–H groups in total. The standard InChI is InChI=1S/C17H19FN2O/c1-12(2)20-17(21)13-7-5-8-15(10-13)19-11-14-6-3-4-9-16(14)18/h3-10,12,19H,11H2,1-2H3,(H,20,21). The molecule has 0 aliphatic heterocycles. The number of halogens is 1. The summed E-state index contributed by atoms with van der Waals surface area (Å²) in [5, 5.41) is 5.97. The third-order valence-electron chi connectivity index (χ3n) is 2.99. The molecule has 0 heterocycles. The van der Waals surface area contributed by atoms with Gasteiger partial charge in [-0.2, -0.15) is 0 Å². The molecule has 0 saturated heterocycles. The number of benzene rings is 2. The number of hydrogen-bond donors (Lipinski definition) is 2. The monoisotopic (exact) mass is 286 g/mol. The summed E-state index contributed by atoms with van der Waals surface area (Å²) in [7, 11) is 0. The van der Waals surface area contributed by atoms with Crippen LogP contribution in [0.5, 0.6) is 0 Å². The van der Waals surface area contributed by atoms with Crippen molar-refractivity contribution >= 4 is 11.6 Å². The Kier molecular flexibility index (Phi) is 4.93. The highest BCUT2D eigenvalue weighted by atomic mass is 19.1. The first-order valence-electron chi connectivity index (χ1n) is 6.94. The van der Waals surface area contributed by atoms with Crippen molar-refractivity contribution in [3.63, 3.8) is 0 Å². The Balaban J connectivity index is 2.04. The van der Waals surface area contributed by atoms with Crippen LogP contribution in [0.15, 0.2) is 48.5 Å². The minimum Gasteiger partial charge on any atom is -0.381 e. The van der Waals surface area contributed by atoms with Gasteiger partial charge in [-0.1, -0.05) is 24.3 Å². The molecule has 110 valence electrons. The summed E-state index contributed by atoms with van der Waals surface area (Å²) in [6, 6.07) is 13.9. The zero-order valence-electron chi connectivity index (χ0n) is 12.2. The Morgan fingerprint density at radius 3 is 2.62 bits per heavy atom. The summed E-state index contributed by atoms with van der Waals surface area (Å²) in [5.41, 5.74) is 1.96. The summed E-state index contributed by atoms with van der Waals surface area (Å²) in [6.07, 6.45) is 0. The van der Waals surface area contributed by atoms with Gasteiger partial charge in [-0.05, 0) is 38.1 Å². The van der Waals surface area contributed by atoms with Gasteiger partial charge in [-0.3, -0.25) is 4.79 Å². The molecule has 0 saturated carbocycles. The van der Waals surface area contributed by atoms with E-state index in [0.29, 0.717) is 17.7 Å². The fourth-order valence-electron chi connectivity index (χ4n) is 1.95. The second-order valence-electron chi connectivity index (χ2n) is 5.15. The molecule has 2 aromatic carbocycles. The number of rotatable bonds is 5. The van der Waals surface area contributed by atoms with Gasteiger partial charge in [0.25, 0.3) is 5.91 Å². The highest BCUT2D eigenvalue weighted by Crippen LogP contribution is 2.14. The van der Waals surface area contributed by atoms with E-state index in [-0.39, 0.29) is 17.8 Å². The van der Waals surface area contributed by atoms with Crippen LogP contribution < -0.4 is 10.6 Å². The van der Waals surface area contributed by atoms with Gasteiger partial charge in [0.2, 0.25) is 0 Å². The summed E-state index contributed by atoms with van der Waals surface area (Å²) < 4.78 is 13.5. The maximum Gasteiger partial charge on any atom is 0.251 e. The van der Waals surface area contributed by atoms with Crippen molar-refractivity contribution < 1.29 is 9.18 Å². The molecular weight excluding hydrogens is 267 g/mol. The van der Waals surface area contributed by atoms with Crippen LogP contribution in [0.4, 0.5) is 10.1 Å². The van der Waals surface area contributed by atoms with Crippen LogP contribution >= 0.6 is 0 Å². The van der Waals surface area contributed by atoms with Gasteiger partial charge in [-0.15, -0.1) is 0 Å². The molecule has 0 aliphatic carbocycles. The molecule has 21 heavy (non-hydrogen) atoms. The molecule has 0 aliphatic rings. The van der Waals surface area contributed by atoms with Gasteiger partial charge < -0.3 is 10.6 Å². The van der Waals surface area contributed by atoms with E-state index in [1.54, 1.807) is 36.4 Å². The maximum atomic E-state index is 13.5. The average molecular weight is 286 g/mol. The van der Waals surface area contributed by atoms with Crippen molar-refractivity contribution in [3.05, 3.63) is 65.5 Å². The molecule has 0 atom stereocenters. The zero-order valence-corrected chi connectivity index (χ0v) is 12.2. The molecule has 4 heteroatoms. The Morgan fingerprint density at radius 1 is 1.14 bits per heavy atom. The predicted octanol–water partition coefficient (Wildman–Crippen LogP) is 3.58. The number of anilines is 1. The van der Waals surface area contributed by atoms with Crippen molar-refractivity contribution in [2.45, 2.75) is 26.4 Å². The molecule has 2 rings (SSSR count). The minimum absolute atomic E-state index is 0.0903. The van der Waals surface area contributed by atoms with Gasteiger partial charge in [0.05, 0.1) is 0 Å². The molecule has 0 fully saturated rings. The lowest BCUT2D eigenvalue weighted by atomic mass is 10.1. The van der Waals surface area contributed by atoms with Crippen LogP contribution in [0.2, 0.25) is 0 Å². The van der Waals surface area contributed by atoms with Crippen LogP contribution in [0.25, 0.3) is 0 Å². The Hall–Kier alpha value is -2.36.